The number of rotatable bonds is 1. The molecule has 0 saturated heterocycles. The molecule has 3 aromatic heterocycles. The summed E-state index contributed by atoms with van der Waals surface area (Å²) >= 11 is 0. The molecule has 0 fully saturated rings. The van der Waals surface area contributed by atoms with Gasteiger partial charge in [0.15, 0.2) is 11.5 Å². The number of aromatic amines is 2. The molecule has 0 unspecified atom stereocenters. The monoisotopic (exact) mass is 186 g/mol. The lowest BCUT2D eigenvalue weighted by atomic mass is 10.4. The zero-order chi connectivity index (χ0) is 9.38. The smallest absolute Gasteiger partial charge is 0.182 e. The van der Waals surface area contributed by atoms with Gasteiger partial charge in [0.2, 0.25) is 0 Å². The average molecular weight is 186 g/mol. The maximum Gasteiger partial charge on any atom is 0.182 e. The van der Waals surface area contributed by atoms with Crippen molar-refractivity contribution in [2.75, 3.05) is 0 Å². The van der Waals surface area contributed by atoms with Crippen molar-refractivity contribution in [3.8, 4) is 11.5 Å². The molecule has 68 valence electrons. The van der Waals surface area contributed by atoms with Gasteiger partial charge in [-0.25, -0.2) is 15.0 Å². The summed E-state index contributed by atoms with van der Waals surface area (Å²) in [5.41, 5.74) is 2.19. The van der Waals surface area contributed by atoms with E-state index in [0.717, 1.165) is 11.2 Å². The number of hydrogen-bond acceptors (Lipinski definition) is 4. The lowest BCUT2D eigenvalue weighted by Gasteiger charge is -1.92. The summed E-state index contributed by atoms with van der Waals surface area (Å²) in [6, 6.07) is 1.81. The third-order valence-electron chi connectivity index (χ3n) is 1.91. The van der Waals surface area contributed by atoms with E-state index in [0.29, 0.717) is 11.5 Å². The second kappa shape index (κ2) is 2.63. The van der Waals surface area contributed by atoms with Crippen molar-refractivity contribution in [1.29, 1.82) is 0 Å². The molecule has 0 aliphatic carbocycles. The fraction of sp³-hybridized carbons (Fsp3) is 0. The van der Waals surface area contributed by atoms with Crippen molar-refractivity contribution < 1.29 is 0 Å². The number of fused-ring (bicyclic) bond motifs is 1. The van der Waals surface area contributed by atoms with Gasteiger partial charge in [0.05, 0.1) is 12.5 Å². The minimum absolute atomic E-state index is 0.575. The molecule has 0 bridgehead atoms. The molecule has 0 atom stereocenters. The quantitative estimate of drug-likeness (QED) is 0.587. The van der Waals surface area contributed by atoms with Crippen LogP contribution in [0.2, 0.25) is 0 Å². The van der Waals surface area contributed by atoms with Crippen LogP contribution >= 0.6 is 0 Å². The second-order valence-corrected chi connectivity index (χ2v) is 2.79. The third-order valence-corrected chi connectivity index (χ3v) is 1.91. The van der Waals surface area contributed by atoms with E-state index in [2.05, 4.69) is 30.1 Å². The molecule has 2 N–H and O–H groups in total. The van der Waals surface area contributed by atoms with Gasteiger partial charge in [0.25, 0.3) is 0 Å². The van der Waals surface area contributed by atoms with E-state index >= 15 is 0 Å². The van der Waals surface area contributed by atoms with Crippen molar-refractivity contribution in [3.63, 3.8) is 0 Å². The summed E-state index contributed by atoms with van der Waals surface area (Å²) in [5, 5.41) is 6.70. The van der Waals surface area contributed by atoms with Crippen LogP contribution in [0, 0.1) is 0 Å². The summed E-state index contributed by atoms with van der Waals surface area (Å²) in [4.78, 5) is 15.4. The summed E-state index contributed by atoms with van der Waals surface area (Å²) in [5.74, 6) is 0.575. The van der Waals surface area contributed by atoms with Crippen LogP contribution in [-0.4, -0.2) is 30.1 Å². The highest BCUT2D eigenvalue weighted by Gasteiger charge is 2.05. The summed E-state index contributed by atoms with van der Waals surface area (Å²) in [7, 11) is 0. The van der Waals surface area contributed by atoms with Gasteiger partial charge >= 0.3 is 0 Å². The normalized spacial score (nSPS) is 10.9. The number of H-pyrrole nitrogens is 2. The van der Waals surface area contributed by atoms with Crippen LogP contribution in [-0.2, 0) is 0 Å². The first-order valence-corrected chi connectivity index (χ1v) is 4.10. The highest BCUT2D eigenvalue weighted by atomic mass is 15.1. The standard InChI is InChI=1S/C8H6N6/c1-2-12-14-5(1)7-9-3-6-8(13-7)11-4-10-6/h1-4H,(H,12,14)(H,9,10,11,13). The first-order chi connectivity index (χ1) is 6.93. The molecule has 6 nitrogen and oxygen atoms in total. The highest BCUT2D eigenvalue weighted by Crippen LogP contribution is 2.12. The van der Waals surface area contributed by atoms with E-state index in [4.69, 9.17) is 0 Å². The Bertz CT molecular complexity index is 552. The third kappa shape index (κ3) is 0.972. The largest absolute Gasteiger partial charge is 0.342 e. The Hall–Kier alpha value is -2.24. The molecule has 6 heteroatoms. The molecule has 3 heterocycles. The zero-order valence-corrected chi connectivity index (χ0v) is 7.10. The van der Waals surface area contributed by atoms with Gasteiger partial charge in [-0.15, -0.1) is 0 Å². The van der Waals surface area contributed by atoms with Crippen LogP contribution in [0.3, 0.4) is 0 Å². The van der Waals surface area contributed by atoms with E-state index < -0.39 is 0 Å². The average Bonchev–Trinajstić information content (AvgIpc) is 2.88. The van der Waals surface area contributed by atoms with E-state index in [-0.39, 0.29) is 0 Å². The van der Waals surface area contributed by atoms with Gasteiger partial charge in [0.1, 0.15) is 11.2 Å². The van der Waals surface area contributed by atoms with Gasteiger partial charge < -0.3 is 4.98 Å². The van der Waals surface area contributed by atoms with Crippen molar-refractivity contribution in [2.24, 2.45) is 0 Å². The lowest BCUT2D eigenvalue weighted by molar-refractivity contribution is 1.07. The van der Waals surface area contributed by atoms with Gasteiger partial charge in [0, 0.05) is 6.20 Å². The highest BCUT2D eigenvalue weighted by molar-refractivity contribution is 5.70. The van der Waals surface area contributed by atoms with Crippen LogP contribution < -0.4 is 0 Å². The van der Waals surface area contributed by atoms with Crippen molar-refractivity contribution >= 4 is 11.2 Å². The number of nitrogens with zero attached hydrogens (tertiary/aromatic N) is 4. The molecular formula is C8H6N6. The number of hydrogen-bond donors (Lipinski definition) is 2. The maximum absolute atomic E-state index is 4.24. The lowest BCUT2D eigenvalue weighted by Crippen LogP contribution is -1.89. The SMILES string of the molecule is c1cc(-c2ncc3[nH]cnc3n2)n[nH]1. The van der Waals surface area contributed by atoms with Gasteiger partial charge in [-0.3, -0.25) is 5.10 Å². The molecule has 0 spiro atoms. The summed E-state index contributed by atoms with van der Waals surface area (Å²) in [6.45, 7) is 0. The van der Waals surface area contributed by atoms with Gasteiger partial charge in [-0.2, -0.15) is 5.10 Å². The molecule has 0 aliphatic heterocycles. The molecule has 3 rings (SSSR count). The first kappa shape index (κ1) is 7.19. The van der Waals surface area contributed by atoms with E-state index in [1.807, 2.05) is 6.07 Å². The Labute approximate surface area is 78.4 Å². The zero-order valence-electron chi connectivity index (χ0n) is 7.10. The van der Waals surface area contributed by atoms with Gasteiger partial charge in [-0.1, -0.05) is 0 Å². The fourth-order valence-corrected chi connectivity index (χ4v) is 1.24. The van der Waals surface area contributed by atoms with Gasteiger partial charge in [-0.05, 0) is 6.07 Å². The van der Waals surface area contributed by atoms with Crippen LogP contribution in [0.15, 0.2) is 24.8 Å². The van der Waals surface area contributed by atoms with Crippen LogP contribution in [0.5, 0.6) is 0 Å². The Morgan fingerprint density at radius 2 is 2.21 bits per heavy atom. The molecular weight excluding hydrogens is 180 g/mol. The van der Waals surface area contributed by atoms with E-state index in [1.54, 1.807) is 18.7 Å². The first-order valence-electron chi connectivity index (χ1n) is 4.10. The fourth-order valence-electron chi connectivity index (χ4n) is 1.24. The van der Waals surface area contributed by atoms with E-state index in [1.165, 1.54) is 0 Å². The number of nitrogens with one attached hydrogen (secondary N) is 2. The molecule has 0 aromatic carbocycles. The van der Waals surface area contributed by atoms with Crippen molar-refractivity contribution in [3.05, 3.63) is 24.8 Å². The minimum atomic E-state index is 0.575. The molecule has 0 amide bonds. The van der Waals surface area contributed by atoms with E-state index in [9.17, 15) is 0 Å². The van der Waals surface area contributed by atoms with Crippen LogP contribution in [0.25, 0.3) is 22.7 Å². The Morgan fingerprint density at radius 1 is 1.21 bits per heavy atom. The minimum Gasteiger partial charge on any atom is -0.342 e. The molecule has 0 aliphatic rings. The van der Waals surface area contributed by atoms with Crippen molar-refractivity contribution in [2.45, 2.75) is 0 Å². The summed E-state index contributed by atoms with van der Waals surface area (Å²) < 4.78 is 0. The number of imidazole rings is 1. The predicted molar refractivity (Wildman–Crippen MR) is 49.3 cm³/mol. The Kier molecular flexibility index (Phi) is 1.35. The Balaban J connectivity index is 2.23. The Morgan fingerprint density at radius 3 is 3.07 bits per heavy atom. The number of aromatic nitrogens is 6. The molecule has 3 aromatic rings. The molecule has 0 saturated carbocycles. The maximum atomic E-state index is 4.24. The topological polar surface area (TPSA) is 83.1 Å². The second-order valence-electron chi connectivity index (χ2n) is 2.79. The molecule has 14 heavy (non-hydrogen) atoms. The molecule has 0 radical (unpaired) electrons. The summed E-state index contributed by atoms with van der Waals surface area (Å²) in [6.07, 6.45) is 5.01. The van der Waals surface area contributed by atoms with Crippen LogP contribution in [0.4, 0.5) is 0 Å². The van der Waals surface area contributed by atoms with Crippen LogP contribution in [0.1, 0.15) is 0 Å². The van der Waals surface area contributed by atoms with Crippen molar-refractivity contribution in [1.82, 2.24) is 30.1 Å². The predicted octanol–water partition coefficient (Wildman–Crippen LogP) is 0.743.